The van der Waals surface area contributed by atoms with Crippen molar-refractivity contribution in [3.05, 3.63) is 59.7 Å². The van der Waals surface area contributed by atoms with Gasteiger partial charge in [-0.15, -0.1) is 0 Å². The van der Waals surface area contributed by atoms with E-state index in [1.807, 2.05) is 42.2 Å². The molecule has 19 heavy (non-hydrogen) atoms. The predicted molar refractivity (Wildman–Crippen MR) is 71.2 cm³/mol. The van der Waals surface area contributed by atoms with E-state index in [1.165, 1.54) is 0 Å². The standard InChI is InChI=1S/C15H15F2NO/c1-2-18(12-6-4-3-5-7-12)10-11-8-13(16)15(19)14(17)9-11/h3-9,19H,2,10H2,1H3. The van der Waals surface area contributed by atoms with Crippen molar-refractivity contribution < 1.29 is 13.9 Å². The van der Waals surface area contributed by atoms with Crippen LogP contribution < -0.4 is 4.90 Å². The Kier molecular flexibility index (Phi) is 4.00. The summed E-state index contributed by atoms with van der Waals surface area (Å²) in [5.41, 5.74) is 1.47. The largest absolute Gasteiger partial charge is 0.503 e. The highest BCUT2D eigenvalue weighted by atomic mass is 19.1. The molecule has 4 heteroatoms. The molecule has 0 spiro atoms. The van der Waals surface area contributed by atoms with Gasteiger partial charge in [0.25, 0.3) is 0 Å². The molecule has 0 amide bonds. The first-order valence-electron chi connectivity index (χ1n) is 6.08. The number of halogens is 2. The molecule has 0 unspecified atom stereocenters. The summed E-state index contributed by atoms with van der Waals surface area (Å²) >= 11 is 0. The molecule has 100 valence electrons. The average molecular weight is 263 g/mol. The lowest BCUT2D eigenvalue weighted by molar-refractivity contribution is 0.395. The molecule has 0 heterocycles. The summed E-state index contributed by atoms with van der Waals surface area (Å²) in [4.78, 5) is 1.99. The number of anilines is 1. The van der Waals surface area contributed by atoms with E-state index in [0.29, 0.717) is 18.7 Å². The third kappa shape index (κ3) is 3.02. The third-order valence-corrected chi connectivity index (χ3v) is 2.95. The summed E-state index contributed by atoms with van der Waals surface area (Å²) < 4.78 is 26.6. The number of rotatable bonds is 4. The Hall–Kier alpha value is -2.10. The van der Waals surface area contributed by atoms with E-state index in [4.69, 9.17) is 5.11 Å². The van der Waals surface area contributed by atoms with Gasteiger partial charge in [-0.1, -0.05) is 18.2 Å². The maximum Gasteiger partial charge on any atom is 0.187 e. The first kappa shape index (κ1) is 13.3. The van der Waals surface area contributed by atoms with Gasteiger partial charge in [-0.05, 0) is 36.8 Å². The number of hydrogen-bond acceptors (Lipinski definition) is 2. The van der Waals surface area contributed by atoms with E-state index in [-0.39, 0.29) is 0 Å². The van der Waals surface area contributed by atoms with Gasteiger partial charge in [0.1, 0.15) is 0 Å². The topological polar surface area (TPSA) is 23.5 Å². The van der Waals surface area contributed by atoms with Crippen molar-refractivity contribution in [3.8, 4) is 5.75 Å². The smallest absolute Gasteiger partial charge is 0.187 e. The molecule has 2 aromatic rings. The summed E-state index contributed by atoms with van der Waals surface area (Å²) in [6, 6.07) is 11.9. The lowest BCUT2D eigenvalue weighted by atomic mass is 10.1. The van der Waals surface area contributed by atoms with Gasteiger partial charge in [0.2, 0.25) is 0 Å². The molecular weight excluding hydrogens is 248 g/mol. The van der Waals surface area contributed by atoms with Gasteiger partial charge < -0.3 is 10.0 Å². The van der Waals surface area contributed by atoms with Gasteiger partial charge in [0.15, 0.2) is 17.4 Å². The van der Waals surface area contributed by atoms with Crippen LogP contribution in [0.4, 0.5) is 14.5 Å². The van der Waals surface area contributed by atoms with Gasteiger partial charge in [-0.25, -0.2) is 8.78 Å². The summed E-state index contributed by atoms with van der Waals surface area (Å²) in [6.45, 7) is 3.07. The van der Waals surface area contributed by atoms with Crippen LogP contribution in [0.15, 0.2) is 42.5 Å². The minimum Gasteiger partial charge on any atom is -0.503 e. The van der Waals surface area contributed by atoms with Crippen molar-refractivity contribution in [2.75, 3.05) is 11.4 Å². The van der Waals surface area contributed by atoms with Gasteiger partial charge in [-0.2, -0.15) is 0 Å². The monoisotopic (exact) mass is 263 g/mol. The molecule has 2 aromatic carbocycles. The van der Waals surface area contributed by atoms with Crippen LogP contribution in [0.5, 0.6) is 5.75 Å². The first-order valence-corrected chi connectivity index (χ1v) is 6.08. The van der Waals surface area contributed by atoms with Crippen LogP contribution in [-0.2, 0) is 6.54 Å². The average Bonchev–Trinajstić information content (AvgIpc) is 2.43. The highest BCUT2D eigenvalue weighted by Gasteiger charge is 2.12. The molecule has 0 saturated heterocycles. The summed E-state index contributed by atoms with van der Waals surface area (Å²) in [5, 5.41) is 9.08. The van der Waals surface area contributed by atoms with Gasteiger partial charge >= 0.3 is 0 Å². The minimum atomic E-state index is -0.931. The first-order chi connectivity index (χ1) is 9.11. The highest BCUT2D eigenvalue weighted by molar-refractivity contribution is 5.46. The molecule has 0 aliphatic carbocycles. The quantitative estimate of drug-likeness (QED) is 0.909. The SMILES string of the molecule is CCN(Cc1cc(F)c(O)c(F)c1)c1ccccc1. The Balaban J connectivity index is 2.24. The molecule has 0 aliphatic heterocycles. The molecule has 0 bridgehead atoms. The molecule has 1 N–H and O–H groups in total. The highest BCUT2D eigenvalue weighted by Crippen LogP contribution is 2.23. The van der Waals surface area contributed by atoms with Crippen molar-refractivity contribution in [3.63, 3.8) is 0 Å². The predicted octanol–water partition coefficient (Wildman–Crippen LogP) is 3.70. The Morgan fingerprint density at radius 1 is 1.05 bits per heavy atom. The molecule has 2 rings (SSSR count). The van der Waals surface area contributed by atoms with E-state index in [0.717, 1.165) is 17.8 Å². The zero-order valence-electron chi connectivity index (χ0n) is 10.6. The van der Waals surface area contributed by atoms with E-state index >= 15 is 0 Å². The maximum atomic E-state index is 13.3. The van der Waals surface area contributed by atoms with Crippen LogP contribution in [0, 0.1) is 11.6 Å². The number of nitrogens with zero attached hydrogens (tertiary/aromatic N) is 1. The minimum absolute atomic E-state index is 0.384. The van der Waals surface area contributed by atoms with Crippen LogP contribution in [0.3, 0.4) is 0 Å². The van der Waals surface area contributed by atoms with Crippen LogP contribution in [-0.4, -0.2) is 11.7 Å². The van der Waals surface area contributed by atoms with E-state index < -0.39 is 17.4 Å². The van der Waals surface area contributed by atoms with Crippen molar-refractivity contribution in [2.24, 2.45) is 0 Å². The van der Waals surface area contributed by atoms with Crippen LogP contribution in [0.1, 0.15) is 12.5 Å². The fourth-order valence-electron chi connectivity index (χ4n) is 1.95. The molecule has 2 nitrogen and oxygen atoms in total. The number of aromatic hydroxyl groups is 1. The lowest BCUT2D eigenvalue weighted by Gasteiger charge is -2.23. The van der Waals surface area contributed by atoms with Crippen LogP contribution >= 0.6 is 0 Å². The van der Waals surface area contributed by atoms with Crippen molar-refractivity contribution in [2.45, 2.75) is 13.5 Å². The van der Waals surface area contributed by atoms with E-state index in [1.54, 1.807) is 0 Å². The molecule has 0 aliphatic rings. The van der Waals surface area contributed by atoms with Gasteiger partial charge in [0, 0.05) is 18.8 Å². The molecule has 0 fully saturated rings. The van der Waals surface area contributed by atoms with Crippen molar-refractivity contribution in [1.29, 1.82) is 0 Å². The van der Waals surface area contributed by atoms with E-state index in [9.17, 15) is 8.78 Å². The number of para-hydroxylation sites is 1. The summed E-state index contributed by atoms with van der Waals surface area (Å²) in [5.74, 6) is -2.79. The molecular formula is C15H15F2NO. The fraction of sp³-hybridized carbons (Fsp3) is 0.200. The second-order valence-corrected chi connectivity index (χ2v) is 4.26. The Bertz CT molecular complexity index is 534. The van der Waals surface area contributed by atoms with Crippen molar-refractivity contribution >= 4 is 5.69 Å². The Labute approximate surface area is 110 Å². The zero-order valence-corrected chi connectivity index (χ0v) is 10.6. The molecule has 0 atom stereocenters. The molecule has 0 saturated carbocycles. The van der Waals surface area contributed by atoms with Gasteiger partial charge in [0.05, 0.1) is 0 Å². The second-order valence-electron chi connectivity index (χ2n) is 4.26. The summed E-state index contributed by atoms with van der Waals surface area (Å²) in [6.07, 6.45) is 0. The van der Waals surface area contributed by atoms with E-state index in [2.05, 4.69) is 0 Å². The van der Waals surface area contributed by atoms with Gasteiger partial charge in [-0.3, -0.25) is 0 Å². The maximum absolute atomic E-state index is 13.3. The van der Waals surface area contributed by atoms with Crippen LogP contribution in [0.25, 0.3) is 0 Å². The number of phenols is 1. The summed E-state index contributed by atoms with van der Waals surface area (Å²) in [7, 11) is 0. The molecule has 0 aromatic heterocycles. The Morgan fingerprint density at radius 3 is 2.16 bits per heavy atom. The lowest BCUT2D eigenvalue weighted by Crippen LogP contribution is -2.22. The Morgan fingerprint density at radius 2 is 1.63 bits per heavy atom. The number of phenolic OH excluding ortho intramolecular Hbond substituents is 1. The zero-order chi connectivity index (χ0) is 13.8. The van der Waals surface area contributed by atoms with Crippen molar-refractivity contribution in [1.82, 2.24) is 0 Å². The molecule has 0 radical (unpaired) electrons. The normalized spacial score (nSPS) is 10.5. The van der Waals surface area contributed by atoms with Crippen LogP contribution in [0.2, 0.25) is 0 Å². The number of hydrogen-bond donors (Lipinski definition) is 1. The fourth-order valence-corrected chi connectivity index (χ4v) is 1.95. The number of benzene rings is 2. The second kappa shape index (κ2) is 5.69. The third-order valence-electron chi connectivity index (χ3n) is 2.95.